The molecule has 0 saturated carbocycles. The van der Waals surface area contributed by atoms with Crippen LogP contribution in [0, 0.1) is 5.92 Å². The maximum atomic E-state index is 11.8. The van der Waals surface area contributed by atoms with Crippen molar-refractivity contribution in [2.45, 2.75) is 46.1 Å². The van der Waals surface area contributed by atoms with Crippen molar-refractivity contribution in [3.05, 3.63) is 11.6 Å². The van der Waals surface area contributed by atoms with E-state index in [0.29, 0.717) is 18.7 Å². The third kappa shape index (κ3) is 5.32. The Balaban J connectivity index is 2.47. The van der Waals surface area contributed by atoms with Gasteiger partial charge in [0, 0.05) is 18.7 Å². The zero-order valence-electron chi connectivity index (χ0n) is 12.1. The number of amides is 1. The number of ether oxygens (including phenoxy) is 1. The second-order valence-corrected chi connectivity index (χ2v) is 5.96. The van der Waals surface area contributed by atoms with Gasteiger partial charge in [-0.05, 0) is 46.5 Å². The minimum absolute atomic E-state index is 0.231. The first-order valence-electron chi connectivity index (χ1n) is 6.58. The highest BCUT2D eigenvalue weighted by Gasteiger charge is 2.26. The minimum atomic E-state index is -0.880. The highest BCUT2D eigenvalue weighted by molar-refractivity contribution is 5.85. The van der Waals surface area contributed by atoms with Gasteiger partial charge in [0.05, 0.1) is 0 Å². The van der Waals surface area contributed by atoms with E-state index >= 15 is 0 Å². The second-order valence-electron chi connectivity index (χ2n) is 5.96. The summed E-state index contributed by atoms with van der Waals surface area (Å²) in [6.07, 6.45) is 3.06. The lowest BCUT2D eigenvalue weighted by molar-refractivity contribution is -0.132. The van der Waals surface area contributed by atoms with Gasteiger partial charge < -0.3 is 14.7 Å². The van der Waals surface area contributed by atoms with Crippen molar-refractivity contribution < 1.29 is 19.4 Å². The van der Waals surface area contributed by atoms with Gasteiger partial charge in [-0.25, -0.2) is 9.59 Å². The smallest absolute Gasteiger partial charge is 0.410 e. The third-order valence-electron chi connectivity index (χ3n) is 3.01. The van der Waals surface area contributed by atoms with Crippen LogP contribution in [0.2, 0.25) is 0 Å². The van der Waals surface area contributed by atoms with Crippen molar-refractivity contribution in [3.63, 3.8) is 0 Å². The van der Waals surface area contributed by atoms with Crippen LogP contribution in [0.3, 0.4) is 0 Å². The summed E-state index contributed by atoms with van der Waals surface area (Å²) in [5.74, 6) is -0.649. The van der Waals surface area contributed by atoms with Gasteiger partial charge in [0.2, 0.25) is 0 Å². The normalized spacial score (nSPS) is 18.3. The average molecular weight is 269 g/mol. The molecule has 0 radical (unpaired) electrons. The summed E-state index contributed by atoms with van der Waals surface area (Å²) in [7, 11) is 0. The summed E-state index contributed by atoms with van der Waals surface area (Å²) >= 11 is 0. The Morgan fingerprint density at radius 2 is 1.79 bits per heavy atom. The molecule has 0 aliphatic carbocycles. The van der Waals surface area contributed by atoms with Crippen LogP contribution < -0.4 is 0 Å². The minimum Gasteiger partial charge on any atom is -0.478 e. The third-order valence-corrected chi connectivity index (χ3v) is 3.01. The molecular formula is C14H23NO4. The number of carboxylic acid groups (broad SMARTS) is 1. The first-order valence-corrected chi connectivity index (χ1v) is 6.58. The van der Waals surface area contributed by atoms with E-state index in [2.05, 4.69) is 0 Å². The number of likely N-dealkylation sites (tertiary alicyclic amines) is 1. The highest BCUT2D eigenvalue weighted by atomic mass is 16.6. The van der Waals surface area contributed by atoms with Gasteiger partial charge in [0.25, 0.3) is 0 Å². The molecule has 0 bridgehead atoms. The molecule has 5 heteroatoms. The predicted octanol–water partition coefficient (Wildman–Crippen LogP) is 2.66. The molecule has 0 atom stereocenters. The highest BCUT2D eigenvalue weighted by Crippen LogP contribution is 2.21. The fraction of sp³-hybridized carbons (Fsp3) is 0.714. The number of carboxylic acids is 1. The van der Waals surface area contributed by atoms with Crippen LogP contribution >= 0.6 is 0 Å². The monoisotopic (exact) mass is 269 g/mol. The van der Waals surface area contributed by atoms with E-state index in [1.807, 2.05) is 20.8 Å². The Morgan fingerprint density at radius 3 is 2.21 bits per heavy atom. The summed E-state index contributed by atoms with van der Waals surface area (Å²) in [4.78, 5) is 24.3. The summed E-state index contributed by atoms with van der Waals surface area (Å²) in [5.41, 5.74) is -0.107. The number of hydrogen-bond acceptors (Lipinski definition) is 3. The number of piperidine rings is 1. The lowest BCUT2D eigenvalue weighted by Crippen LogP contribution is -2.41. The molecule has 1 aliphatic heterocycles. The Labute approximate surface area is 114 Å². The van der Waals surface area contributed by atoms with Gasteiger partial charge in [0.1, 0.15) is 5.60 Å². The standard InChI is InChI=1S/C14H23NO4/c1-10(12(16)17)9-11-5-7-15(8-6-11)13(18)19-14(2,3)4/h9,11H,5-8H2,1-4H3,(H,16,17)/b10-9-. The van der Waals surface area contributed by atoms with Crippen molar-refractivity contribution in [1.29, 1.82) is 0 Å². The number of aliphatic carboxylic acids is 1. The molecule has 1 amide bonds. The molecule has 19 heavy (non-hydrogen) atoms. The molecule has 0 aromatic rings. The van der Waals surface area contributed by atoms with Gasteiger partial charge in [-0.15, -0.1) is 0 Å². The van der Waals surface area contributed by atoms with Crippen LogP contribution in [-0.2, 0) is 9.53 Å². The van der Waals surface area contributed by atoms with Gasteiger partial charge >= 0.3 is 12.1 Å². The van der Waals surface area contributed by atoms with Gasteiger partial charge in [-0.3, -0.25) is 0 Å². The maximum absolute atomic E-state index is 11.8. The summed E-state index contributed by atoms with van der Waals surface area (Å²) in [6, 6.07) is 0. The molecule has 108 valence electrons. The van der Waals surface area contributed by atoms with E-state index in [4.69, 9.17) is 9.84 Å². The zero-order chi connectivity index (χ0) is 14.6. The molecule has 1 rings (SSSR count). The van der Waals surface area contributed by atoms with Gasteiger partial charge in [0.15, 0.2) is 0 Å². The summed E-state index contributed by atoms with van der Waals surface area (Å²) < 4.78 is 5.31. The van der Waals surface area contributed by atoms with Crippen LogP contribution in [0.5, 0.6) is 0 Å². The Bertz CT molecular complexity index is 373. The molecular weight excluding hydrogens is 246 g/mol. The largest absolute Gasteiger partial charge is 0.478 e. The molecule has 5 nitrogen and oxygen atoms in total. The predicted molar refractivity (Wildman–Crippen MR) is 71.9 cm³/mol. The molecule has 1 saturated heterocycles. The molecule has 0 unspecified atom stereocenters. The zero-order valence-corrected chi connectivity index (χ0v) is 12.1. The average Bonchev–Trinajstić information content (AvgIpc) is 2.27. The second kappa shape index (κ2) is 6.08. The van der Waals surface area contributed by atoms with Crippen molar-refractivity contribution >= 4 is 12.1 Å². The van der Waals surface area contributed by atoms with Crippen LogP contribution in [0.25, 0.3) is 0 Å². The fourth-order valence-electron chi connectivity index (χ4n) is 2.00. The van der Waals surface area contributed by atoms with E-state index in [0.717, 1.165) is 12.8 Å². The van der Waals surface area contributed by atoms with E-state index < -0.39 is 11.6 Å². The molecule has 1 aliphatic rings. The van der Waals surface area contributed by atoms with Crippen molar-refractivity contribution in [1.82, 2.24) is 4.90 Å². The van der Waals surface area contributed by atoms with E-state index in [1.165, 1.54) is 0 Å². The van der Waals surface area contributed by atoms with E-state index in [9.17, 15) is 9.59 Å². The topological polar surface area (TPSA) is 66.8 Å². The lowest BCUT2D eigenvalue weighted by atomic mass is 9.95. The van der Waals surface area contributed by atoms with Crippen LogP contribution in [0.1, 0.15) is 40.5 Å². The first-order chi connectivity index (χ1) is 8.69. The number of allylic oxidation sites excluding steroid dienone is 1. The Morgan fingerprint density at radius 1 is 1.26 bits per heavy atom. The summed E-state index contributed by atoms with van der Waals surface area (Å²) in [6.45, 7) is 8.36. The number of rotatable bonds is 2. The SMILES string of the molecule is C/C(=C/C1CCN(C(=O)OC(C)(C)C)CC1)C(=O)O. The first kappa shape index (κ1) is 15.5. The van der Waals surface area contributed by atoms with Crippen LogP contribution in [0.15, 0.2) is 11.6 Å². The quantitative estimate of drug-likeness (QED) is 0.783. The van der Waals surface area contributed by atoms with Crippen molar-refractivity contribution in [3.8, 4) is 0 Å². The van der Waals surface area contributed by atoms with Gasteiger partial charge in [-0.2, -0.15) is 0 Å². The molecule has 1 fully saturated rings. The molecule has 0 aromatic carbocycles. The van der Waals surface area contributed by atoms with Crippen molar-refractivity contribution in [2.24, 2.45) is 5.92 Å². The summed E-state index contributed by atoms with van der Waals surface area (Å²) in [5, 5.41) is 8.83. The molecule has 0 spiro atoms. The van der Waals surface area contributed by atoms with E-state index in [-0.39, 0.29) is 12.0 Å². The van der Waals surface area contributed by atoms with Crippen LogP contribution in [0.4, 0.5) is 4.79 Å². The molecule has 0 aromatic heterocycles. The Hall–Kier alpha value is -1.52. The lowest BCUT2D eigenvalue weighted by Gasteiger charge is -2.32. The molecule has 1 N–H and O–H groups in total. The van der Waals surface area contributed by atoms with Gasteiger partial charge in [-0.1, -0.05) is 6.08 Å². The maximum Gasteiger partial charge on any atom is 0.410 e. The molecule has 1 heterocycles. The van der Waals surface area contributed by atoms with Crippen molar-refractivity contribution in [2.75, 3.05) is 13.1 Å². The number of carbonyl (C=O) groups excluding carboxylic acids is 1. The fourth-order valence-corrected chi connectivity index (χ4v) is 2.00. The number of carbonyl (C=O) groups is 2. The van der Waals surface area contributed by atoms with Crippen LogP contribution in [-0.4, -0.2) is 40.8 Å². The number of hydrogen-bond donors (Lipinski definition) is 1. The van der Waals surface area contributed by atoms with E-state index in [1.54, 1.807) is 17.9 Å². The number of nitrogens with zero attached hydrogens (tertiary/aromatic N) is 1. The Kier molecular flexibility index (Phi) is 4.97.